The van der Waals surface area contributed by atoms with E-state index in [9.17, 15) is 38.7 Å². The Bertz CT molecular complexity index is 2090. The number of unbranched alkanes of at least 4 members (excludes halogenated alkanes) is 22. The van der Waals surface area contributed by atoms with Crippen LogP contribution in [0.25, 0.3) is 0 Å². The maximum absolute atomic E-state index is 13.5. The van der Waals surface area contributed by atoms with Crippen molar-refractivity contribution in [1.82, 2.24) is 25.6 Å². The maximum atomic E-state index is 13.5. The van der Waals surface area contributed by atoms with Crippen molar-refractivity contribution in [2.75, 3.05) is 31.6 Å². The Labute approximate surface area is 437 Å². The standard InChI is InChI=1S/C56H84N6O12/c1-56(60(39-50(68)74-56)41-57-52(69)44-34-30-42(31-35-44)26-22-18-14-10-6-2-4-8-12-16-20-24-28-47(63)64)59-62-38-46(51(62)55(71)72)61-40-49(67)73-54(61)53(70)58-45-36-32-43(33-37-45)27-23-19-15-11-7-3-5-9-13-17-21-25-29-48(65)66/h30-37,46,51,54,59H,2-29,38-41H2,1H3,(H,57,69)(H,58,70)(H,63,64)(H,65,66)(H,71,72). The minimum absolute atomic E-state index is 0.0471. The highest BCUT2D eigenvalue weighted by Crippen LogP contribution is 2.31. The van der Waals surface area contributed by atoms with Gasteiger partial charge in [-0.1, -0.05) is 153 Å². The molecule has 6 N–H and O–H groups in total. The smallest absolute Gasteiger partial charge is 0.324 e. The number of carboxylic acids is 3. The average Bonchev–Trinajstić information content (AvgIpc) is 3.88. The predicted octanol–water partition coefficient (Wildman–Crippen LogP) is 8.77. The van der Waals surface area contributed by atoms with Gasteiger partial charge in [-0.3, -0.25) is 33.6 Å². The van der Waals surface area contributed by atoms with Crippen LogP contribution < -0.4 is 16.1 Å². The van der Waals surface area contributed by atoms with Crippen LogP contribution in [0.2, 0.25) is 0 Å². The van der Waals surface area contributed by atoms with Crippen molar-refractivity contribution < 1.29 is 58.4 Å². The van der Waals surface area contributed by atoms with Crippen LogP contribution in [0.4, 0.5) is 5.69 Å². The largest absolute Gasteiger partial charge is 0.481 e. The number of esters is 2. The lowest BCUT2D eigenvalue weighted by atomic mass is 9.96. The summed E-state index contributed by atoms with van der Waals surface area (Å²) in [5.41, 5.74) is 6.30. The fourth-order valence-electron chi connectivity index (χ4n) is 10.1. The number of benzene rings is 2. The monoisotopic (exact) mass is 1030 g/mol. The number of aliphatic carboxylic acids is 3. The molecule has 3 heterocycles. The first-order chi connectivity index (χ1) is 35.7. The number of carboxylic acid groups (broad SMARTS) is 3. The molecular formula is C56H84N6O12. The van der Waals surface area contributed by atoms with Crippen molar-refractivity contribution >= 4 is 47.3 Å². The zero-order valence-corrected chi connectivity index (χ0v) is 43.8. The summed E-state index contributed by atoms with van der Waals surface area (Å²) in [5.74, 6) is -6.35. The van der Waals surface area contributed by atoms with Gasteiger partial charge in [0, 0.05) is 37.6 Å². The number of carbonyl (C=O) groups is 7. The molecule has 3 aliphatic rings. The summed E-state index contributed by atoms with van der Waals surface area (Å²) in [4.78, 5) is 88.9. The highest BCUT2D eigenvalue weighted by atomic mass is 16.6. The first kappa shape index (κ1) is 59.4. The topological polar surface area (TPSA) is 244 Å². The van der Waals surface area contributed by atoms with Crippen LogP contribution in [-0.4, -0.2) is 122 Å². The third kappa shape index (κ3) is 20.7. The number of ether oxygens (including phenoxy) is 2. The summed E-state index contributed by atoms with van der Waals surface area (Å²) >= 11 is 0. The Balaban J connectivity index is 0.971. The normalized spacial score (nSPS) is 20.0. The molecule has 4 atom stereocenters. The number of cyclic esters (lactones) is 2. The molecule has 0 spiro atoms. The van der Waals surface area contributed by atoms with Crippen molar-refractivity contribution in [1.29, 1.82) is 0 Å². The Morgan fingerprint density at radius 2 is 1.04 bits per heavy atom. The van der Waals surface area contributed by atoms with Gasteiger partial charge in [0.25, 0.3) is 11.8 Å². The molecule has 18 nitrogen and oxygen atoms in total. The zero-order chi connectivity index (χ0) is 53.1. The molecule has 410 valence electrons. The van der Waals surface area contributed by atoms with Crippen LogP contribution in [0.3, 0.4) is 0 Å². The number of hydrazine groups is 1. The van der Waals surface area contributed by atoms with Gasteiger partial charge < -0.3 is 35.4 Å². The van der Waals surface area contributed by atoms with Crippen molar-refractivity contribution in [2.24, 2.45) is 0 Å². The Kier molecular flexibility index (Phi) is 25.8. The van der Waals surface area contributed by atoms with Crippen LogP contribution in [0.5, 0.6) is 0 Å². The van der Waals surface area contributed by atoms with Gasteiger partial charge in [0.05, 0.1) is 12.7 Å². The number of nitrogens with one attached hydrogen (secondary N) is 3. The lowest BCUT2D eigenvalue weighted by Gasteiger charge is -2.51. The van der Waals surface area contributed by atoms with E-state index in [1.54, 1.807) is 36.1 Å². The summed E-state index contributed by atoms with van der Waals surface area (Å²) in [6.45, 7) is 1.07. The highest BCUT2D eigenvalue weighted by Gasteiger charge is 2.56. The summed E-state index contributed by atoms with van der Waals surface area (Å²) in [5, 5.41) is 34.9. The third-order valence-corrected chi connectivity index (χ3v) is 14.5. The van der Waals surface area contributed by atoms with E-state index in [0.717, 1.165) is 88.2 Å². The van der Waals surface area contributed by atoms with Crippen LogP contribution in [0.15, 0.2) is 48.5 Å². The SMILES string of the molecule is CC1(NN2CC(N3CC(=O)OC3C(=O)Nc3ccc(CCCCCCCCCCCCCCC(=O)O)cc3)C2C(=O)O)OC(=O)CN1CNC(=O)c1ccc(CCCCCCCCCCCCCCC(=O)O)cc1. The quantitative estimate of drug-likeness (QED) is 0.0271. The van der Waals surface area contributed by atoms with Crippen LogP contribution in [0.1, 0.15) is 195 Å². The molecule has 0 saturated carbocycles. The molecule has 0 aromatic heterocycles. The number of aryl methyl sites for hydroxylation is 2. The number of hydrogen-bond acceptors (Lipinski definition) is 13. The molecule has 74 heavy (non-hydrogen) atoms. The number of anilines is 1. The lowest BCUT2D eigenvalue weighted by molar-refractivity contribution is -0.202. The molecule has 3 saturated heterocycles. The van der Waals surface area contributed by atoms with Gasteiger partial charge in [-0.05, 0) is 73.9 Å². The van der Waals surface area contributed by atoms with Crippen molar-refractivity contribution in [3.63, 3.8) is 0 Å². The van der Waals surface area contributed by atoms with Gasteiger partial charge in [0.15, 0.2) is 0 Å². The minimum atomic E-state index is -1.52. The average molecular weight is 1030 g/mol. The molecule has 4 unspecified atom stereocenters. The molecule has 3 aliphatic heterocycles. The van der Waals surface area contributed by atoms with Crippen LogP contribution in [-0.2, 0) is 51.1 Å². The summed E-state index contributed by atoms with van der Waals surface area (Å²) in [7, 11) is 0. The van der Waals surface area contributed by atoms with E-state index in [0.29, 0.717) is 11.3 Å². The molecule has 3 fully saturated rings. The fraction of sp³-hybridized carbons (Fsp3) is 0.661. The Morgan fingerprint density at radius 3 is 1.50 bits per heavy atom. The Morgan fingerprint density at radius 1 is 0.595 bits per heavy atom. The van der Waals surface area contributed by atoms with Gasteiger partial charge in [0.2, 0.25) is 12.1 Å². The lowest BCUT2D eigenvalue weighted by Crippen LogP contribution is -2.77. The summed E-state index contributed by atoms with van der Waals surface area (Å²) in [6.07, 6.45) is 28.2. The van der Waals surface area contributed by atoms with Crippen molar-refractivity contribution in [3.8, 4) is 0 Å². The van der Waals surface area contributed by atoms with E-state index >= 15 is 0 Å². The van der Waals surface area contributed by atoms with E-state index in [4.69, 9.17) is 19.7 Å². The van der Waals surface area contributed by atoms with Gasteiger partial charge >= 0.3 is 29.8 Å². The van der Waals surface area contributed by atoms with Crippen LogP contribution >= 0.6 is 0 Å². The number of rotatable bonds is 39. The second kappa shape index (κ2) is 32.1. The number of carbonyl (C=O) groups excluding carboxylic acids is 4. The van der Waals surface area contributed by atoms with Gasteiger partial charge in [-0.2, -0.15) is 0 Å². The van der Waals surface area contributed by atoms with Crippen LogP contribution in [0, 0.1) is 0 Å². The molecule has 2 aromatic rings. The summed E-state index contributed by atoms with van der Waals surface area (Å²) in [6, 6.07) is 12.9. The number of amides is 2. The predicted molar refractivity (Wildman–Crippen MR) is 279 cm³/mol. The van der Waals surface area contributed by atoms with E-state index in [1.165, 1.54) is 99.8 Å². The molecule has 0 radical (unpaired) electrons. The second-order valence-electron chi connectivity index (χ2n) is 20.6. The minimum Gasteiger partial charge on any atom is -0.481 e. The molecule has 2 aromatic carbocycles. The molecule has 2 amide bonds. The molecular weight excluding hydrogens is 949 g/mol. The first-order valence-electron chi connectivity index (χ1n) is 27.6. The van der Waals surface area contributed by atoms with E-state index in [-0.39, 0.29) is 45.1 Å². The molecule has 5 rings (SSSR count). The Hall–Kier alpha value is -5.43. The van der Waals surface area contributed by atoms with Gasteiger partial charge in [-0.15, -0.1) is 0 Å². The summed E-state index contributed by atoms with van der Waals surface area (Å²) < 4.78 is 11.1. The zero-order valence-electron chi connectivity index (χ0n) is 43.8. The van der Waals surface area contributed by atoms with E-state index in [1.807, 2.05) is 24.3 Å². The van der Waals surface area contributed by atoms with E-state index in [2.05, 4.69) is 16.1 Å². The highest BCUT2D eigenvalue weighted by molar-refractivity contribution is 5.97. The maximum Gasteiger partial charge on any atom is 0.324 e. The molecule has 0 bridgehead atoms. The van der Waals surface area contributed by atoms with Gasteiger partial charge in [-0.25, -0.2) is 20.2 Å². The third-order valence-electron chi connectivity index (χ3n) is 14.5. The molecule has 18 heteroatoms. The molecule has 0 aliphatic carbocycles. The second-order valence-corrected chi connectivity index (χ2v) is 20.6. The van der Waals surface area contributed by atoms with Crippen molar-refractivity contribution in [2.45, 2.75) is 211 Å². The van der Waals surface area contributed by atoms with Crippen molar-refractivity contribution in [3.05, 3.63) is 65.2 Å². The number of nitrogens with zero attached hydrogens (tertiary/aromatic N) is 3. The first-order valence-corrected chi connectivity index (χ1v) is 27.6. The number of hydrogen-bond donors (Lipinski definition) is 6. The van der Waals surface area contributed by atoms with E-state index < -0.39 is 59.9 Å². The fourth-order valence-corrected chi connectivity index (χ4v) is 10.1. The van der Waals surface area contributed by atoms with Gasteiger partial charge in [0.1, 0.15) is 19.1 Å².